The molecular formula is C24H27ClN4OS. The summed E-state index contributed by atoms with van der Waals surface area (Å²) in [6, 6.07) is 15.4. The van der Waals surface area contributed by atoms with Crippen molar-refractivity contribution in [1.29, 1.82) is 0 Å². The van der Waals surface area contributed by atoms with E-state index in [0.29, 0.717) is 22.0 Å². The lowest BCUT2D eigenvalue weighted by Crippen LogP contribution is -2.53. The average Bonchev–Trinajstić information content (AvgIpc) is 2.84. The highest BCUT2D eigenvalue weighted by Crippen LogP contribution is 2.30. The maximum Gasteiger partial charge on any atom is 0.272 e. The Hall–Kier alpha value is -2.44. The van der Waals surface area contributed by atoms with Crippen LogP contribution >= 0.6 is 23.8 Å². The Balaban J connectivity index is 1.72. The van der Waals surface area contributed by atoms with E-state index in [4.69, 9.17) is 28.8 Å². The summed E-state index contributed by atoms with van der Waals surface area (Å²) in [5.74, 6) is 0.964. The number of nitrogens with zero attached hydrogens (tertiary/aromatic N) is 3. The lowest BCUT2D eigenvalue weighted by Gasteiger charge is -2.37. The first kappa shape index (κ1) is 21.8. The summed E-state index contributed by atoms with van der Waals surface area (Å²) in [6.07, 6.45) is 0.378. The minimum atomic E-state index is -0.813. The number of benzene rings is 2. The topological polar surface area (TPSA) is 47.9 Å². The molecule has 1 N–H and O–H groups in total. The van der Waals surface area contributed by atoms with Crippen LogP contribution in [0.3, 0.4) is 0 Å². The maximum atomic E-state index is 13.4. The number of rotatable bonds is 2. The minimum absolute atomic E-state index is 0.157. The second-order valence-corrected chi connectivity index (χ2v) is 9.43. The molecule has 2 aliphatic heterocycles. The van der Waals surface area contributed by atoms with E-state index in [9.17, 15) is 4.79 Å². The zero-order valence-corrected chi connectivity index (χ0v) is 19.6. The van der Waals surface area contributed by atoms with E-state index >= 15 is 0 Å². The number of hydrogen-bond acceptors (Lipinski definition) is 3. The van der Waals surface area contributed by atoms with Gasteiger partial charge in [-0.05, 0) is 48.7 Å². The van der Waals surface area contributed by atoms with Crippen molar-refractivity contribution < 1.29 is 4.79 Å². The quantitative estimate of drug-likeness (QED) is 0.686. The Bertz CT molecular complexity index is 1020. The number of likely N-dealkylation sites (tertiary alicyclic amines) is 1. The Morgan fingerprint density at radius 1 is 1.13 bits per heavy atom. The maximum absolute atomic E-state index is 13.4. The van der Waals surface area contributed by atoms with E-state index in [1.807, 2.05) is 42.5 Å². The highest BCUT2D eigenvalue weighted by molar-refractivity contribution is 7.80. The molecule has 3 unspecified atom stereocenters. The van der Waals surface area contributed by atoms with Gasteiger partial charge in [-0.25, -0.2) is 4.99 Å². The highest BCUT2D eigenvalue weighted by Gasteiger charge is 2.32. The molecule has 4 rings (SSSR count). The Kier molecular flexibility index (Phi) is 6.30. The largest absolute Gasteiger partial charge is 0.349 e. The van der Waals surface area contributed by atoms with Crippen LogP contribution < -0.4 is 10.2 Å². The van der Waals surface area contributed by atoms with Crippen molar-refractivity contribution in [2.45, 2.75) is 26.4 Å². The summed E-state index contributed by atoms with van der Waals surface area (Å²) < 4.78 is 0. The van der Waals surface area contributed by atoms with Crippen LogP contribution in [0, 0.1) is 11.8 Å². The van der Waals surface area contributed by atoms with Gasteiger partial charge in [-0.1, -0.05) is 55.8 Å². The number of benzodiazepines with no additional fused rings is 1. The minimum Gasteiger partial charge on any atom is -0.349 e. The molecule has 2 aromatic carbocycles. The van der Waals surface area contributed by atoms with Crippen LogP contribution in [0.25, 0.3) is 0 Å². The normalized spacial score (nSPS) is 23.7. The fourth-order valence-electron chi connectivity index (χ4n) is 4.50. The molecule has 162 valence electrons. The van der Waals surface area contributed by atoms with E-state index in [0.717, 1.165) is 35.6 Å². The number of amides is 1. The molecule has 7 heteroatoms. The second-order valence-electron chi connectivity index (χ2n) is 8.61. The molecule has 0 aromatic heterocycles. The van der Waals surface area contributed by atoms with Gasteiger partial charge in [0.2, 0.25) is 6.17 Å². The number of nitrogens with one attached hydrogen (secondary N) is 1. The number of carbonyl (C=O) groups is 1. The number of likely N-dealkylation sites (N-methyl/N-ethyl adjacent to an activating group) is 1. The number of carbonyl (C=O) groups excluding carboxylic acids is 1. The van der Waals surface area contributed by atoms with E-state index in [1.54, 1.807) is 18.0 Å². The third-order valence-electron chi connectivity index (χ3n) is 5.86. The van der Waals surface area contributed by atoms with Crippen molar-refractivity contribution in [1.82, 2.24) is 10.2 Å². The molecule has 2 aliphatic rings. The molecule has 0 spiro atoms. The zero-order chi connectivity index (χ0) is 22.1. The van der Waals surface area contributed by atoms with Gasteiger partial charge >= 0.3 is 0 Å². The van der Waals surface area contributed by atoms with E-state index < -0.39 is 6.17 Å². The fraction of sp³-hybridized carbons (Fsp3) is 0.375. The smallest absolute Gasteiger partial charge is 0.272 e. The van der Waals surface area contributed by atoms with E-state index in [1.165, 1.54) is 6.42 Å². The summed E-state index contributed by atoms with van der Waals surface area (Å²) in [4.78, 5) is 22.0. The van der Waals surface area contributed by atoms with Gasteiger partial charge in [0, 0.05) is 36.3 Å². The van der Waals surface area contributed by atoms with Gasteiger partial charge in [0.25, 0.3) is 5.91 Å². The van der Waals surface area contributed by atoms with Crippen molar-refractivity contribution in [2.75, 3.05) is 25.0 Å². The van der Waals surface area contributed by atoms with Gasteiger partial charge in [-0.15, -0.1) is 0 Å². The van der Waals surface area contributed by atoms with Gasteiger partial charge in [0.1, 0.15) is 0 Å². The van der Waals surface area contributed by atoms with Crippen LogP contribution in [-0.4, -0.2) is 47.9 Å². The molecule has 2 heterocycles. The molecule has 0 saturated carbocycles. The molecule has 1 amide bonds. The van der Waals surface area contributed by atoms with Gasteiger partial charge in [-0.3, -0.25) is 4.79 Å². The highest BCUT2D eigenvalue weighted by atomic mass is 35.5. The van der Waals surface area contributed by atoms with Crippen molar-refractivity contribution in [3.05, 3.63) is 64.7 Å². The molecule has 3 atom stereocenters. The van der Waals surface area contributed by atoms with Crippen molar-refractivity contribution in [3.63, 3.8) is 0 Å². The summed E-state index contributed by atoms with van der Waals surface area (Å²) in [6.45, 7) is 6.25. The van der Waals surface area contributed by atoms with Crippen LogP contribution in [0.2, 0.25) is 5.02 Å². The number of halogens is 1. The number of fused-ring (bicyclic) bond motifs is 1. The summed E-state index contributed by atoms with van der Waals surface area (Å²) in [5, 5.41) is 4.42. The first-order valence-electron chi connectivity index (χ1n) is 10.6. The SMILES string of the molecule is CC1CC(C)CN(C(=S)NC2N=C(c3ccccc3)c3cc(Cl)ccc3N(C)C2=O)C1. The van der Waals surface area contributed by atoms with Crippen LogP contribution in [0.4, 0.5) is 5.69 Å². The molecule has 1 fully saturated rings. The molecule has 0 radical (unpaired) electrons. The van der Waals surface area contributed by atoms with Crippen LogP contribution in [0.1, 0.15) is 31.4 Å². The summed E-state index contributed by atoms with van der Waals surface area (Å²) in [7, 11) is 1.77. The Morgan fingerprint density at radius 2 is 1.81 bits per heavy atom. The number of anilines is 1. The van der Waals surface area contributed by atoms with Gasteiger partial charge in [-0.2, -0.15) is 0 Å². The van der Waals surface area contributed by atoms with Crippen molar-refractivity contribution >= 4 is 46.2 Å². The fourth-order valence-corrected chi connectivity index (χ4v) is 4.94. The molecule has 1 saturated heterocycles. The molecule has 2 aromatic rings. The molecule has 0 bridgehead atoms. The third kappa shape index (κ3) is 4.60. The predicted octanol–water partition coefficient (Wildman–Crippen LogP) is 4.33. The average molecular weight is 455 g/mol. The van der Waals surface area contributed by atoms with Gasteiger partial charge in [0.15, 0.2) is 5.11 Å². The zero-order valence-electron chi connectivity index (χ0n) is 18.0. The Labute approximate surface area is 194 Å². The lowest BCUT2D eigenvalue weighted by atomic mass is 9.92. The van der Waals surface area contributed by atoms with E-state index in [-0.39, 0.29) is 5.91 Å². The van der Waals surface area contributed by atoms with Crippen LogP contribution in [-0.2, 0) is 4.79 Å². The van der Waals surface area contributed by atoms with Crippen molar-refractivity contribution in [2.24, 2.45) is 16.8 Å². The predicted molar refractivity (Wildman–Crippen MR) is 131 cm³/mol. The molecule has 31 heavy (non-hydrogen) atoms. The first-order chi connectivity index (χ1) is 14.8. The van der Waals surface area contributed by atoms with E-state index in [2.05, 4.69) is 24.1 Å². The molecule has 0 aliphatic carbocycles. The van der Waals surface area contributed by atoms with Crippen molar-refractivity contribution in [3.8, 4) is 0 Å². The molecule has 5 nitrogen and oxygen atoms in total. The molecular weight excluding hydrogens is 428 g/mol. The number of thiocarbonyl (C=S) groups is 1. The first-order valence-corrected chi connectivity index (χ1v) is 11.4. The second kappa shape index (κ2) is 8.97. The third-order valence-corrected chi connectivity index (χ3v) is 6.47. The number of aliphatic imine (C=N–C) groups is 1. The summed E-state index contributed by atoms with van der Waals surface area (Å²) >= 11 is 12.0. The van der Waals surface area contributed by atoms with Gasteiger partial charge < -0.3 is 15.1 Å². The number of hydrogen-bond donors (Lipinski definition) is 1. The lowest BCUT2D eigenvalue weighted by molar-refractivity contribution is -0.119. The van der Waals surface area contributed by atoms with Crippen LogP contribution in [0.5, 0.6) is 0 Å². The summed E-state index contributed by atoms with van der Waals surface area (Å²) in [5.41, 5.74) is 3.24. The number of piperidine rings is 1. The Morgan fingerprint density at radius 3 is 2.48 bits per heavy atom. The van der Waals surface area contributed by atoms with Gasteiger partial charge in [0.05, 0.1) is 11.4 Å². The monoisotopic (exact) mass is 454 g/mol. The van der Waals surface area contributed by atoms with Crippen LogP contribution in [0.15, 0.2) is 53.5 Å². The standard InChI is InChI=1S/C24H27ClN4OS/c1-15-11-16(2)14-29(13-15)24(31)27-22-23(30)28(3)20-10-9-18(25)12-19(20)21(26-22)17-7-5-4-6-8-17/h4-10,12,15-16,22H,11,13-14H2,1-3H3,(H,27,31).